The van der Waals surface area contributed by atoms with Gasteiger partial charge in [0, 0.05) is 26.3 Å². The fourth-order valence-corrected chi connectivity index (χ4v) is 2.97. The Morgan fingerprint density at radius 1 is 1.33 bits per heavy atom. The Bertz CT molecular complexity index is 613. The van der Waals surface area contributed by atoms with Gasteiger partial charge in [-0.25, -0.2) is 12.7 Å². The molecule has 2 rings (SSSR count). The number of aliphatic hydroxyl groups excluding tert-OH is 1. The molecule has 1 saturated heterocycles. The van der Waals surface area contributed by atoms with Crippen LogP contribution in [0.3, 0.4) is 0 Å². The molecule has 0 spiro atoms. The molecule has 1 amide bonds. The Kier molecular flexibility index (Phi) is 4.62. The van der Waals surface area contributed by atoms with Crippen LogP contribution < -0.4 is 10.6 Å². The Morgan fingerprint density at radius 3 is 2.43 bits per heavy atom. The maximum atomic E-state index is 11.9. The monoisotopic (exact) mass is 313 g/mol. The Hall–Kier alpha value is -1.48. The van der Waals surface area contributed by atoms with E-state index in [1.807, 2.05) is 0 Å². The van der Waals surface area contributed by atoms with Crippen LogP contribution >= 0.6 is 0 Å². The summed E-state index contributed by atoms with van der Waals surface area (Å²) >= 11 is 0. The number of benzene rings is 1. The van der Waals surface area contributed by atoms with Gasteiger partial charge in [-0.05, 0) is 30.7 Å². The summed E-state index contributed by atoms with van der Waals surface area (Å²) in [4.78, 5) is 12.1. The molecule has 21 heavy (non-hydrogen) atoms. The van der Waals surface area contributed by atoms with E-state index in [-0.39, 0.29) is 10.8 Å². The van der Waals surface area contributed by atoms with Gasteiger partial charge in [0.05, 0.1) is 17.0 Å². The molecule has 0 radical (unpaired) electrons. The summed E-state index contributed by atoms with van der Waals surface area (Å²) in [6.45, 7) is 0.401. The van der Waals surface area contributed by atoms with Crippen LogP contribution in [0.15, 0.2) is 29.2 Å². The summed E-state index contributed by atoms with van der Waals surface area (Å²) in [6.07, 6.45) is -0.132. The standard InChI is InChI=1S/C13H19N3O4S/c1-16(2)21(19,20)11-5-3-9(4-6-11)15-13(18)12-7-10(17)8-14-12/h3-6,10,12,14,17H,7-8H2,1-2H3,(H,15,18). The second-order valence-corrected chi connectivity index (χ2v) is 7.30. The number of amides is 1. The molecule has 8 heteroatoms. The van der Waals surface area contributed by atoms with Crippen molar-refractivity contribution in [3.63, 3.8) is 0 Å². The number of aliphatic hydroxyl groups is 1. The van der Waals surface area contributed by atoms with Crippen molar-refractivity contribution < 1.29 is 18.3 Å². The van der Waals surface area contributed by atoms with Gasteiger partial charge in [0.15, 0.2) is 0 Å². The Balaban J connectivity index is 2.05. The van der Waals surface area contributed by atoms with E-state index in [0.29, 0.717) is 18.7 Å². The fraction of sp³-hybridized carbons (Fsp3) is 0.462. The van der Waals surface area contributed by atoms with E-state index >= 15 is 0 Å². The van der Waals surface area contributed by atoms with Gasteiger partial charge in [-0.2, -0.15) is 0 Å². The van der Waals surface area contributed by atoms with E-state index in [9.17, 15) is 18.3 Å². The highest BCUT2D eigenvalue weighted by Crippen LogP contribution is 2.17. The van der Waals surface area contributed by atoms with Crippen LogP contribution in [-0.4, -0.2) is 56.5 Å². The minimum Gasteiger partial charge on any atom is -0.392 e. The first-order valence-corrected chi connectivity index (χ1v) is 7.99. The SMILES string of the molecule is CN(C)S(=O)(=O)c1ccc(NC(=O)C2CC(O)CN2)cc1. The van der Waals surface area contributed by atoms with Crippen LogP contribution in [0.4, 0.5) is 5.69 Å². The van der Waals surface area contributed by atoms with E-state index in [4.69, 9.17) is 0 Å². The van der Waals surface area contributed by atoms with Crippen LogP contribution in [0.1, 0.15) is 6.42 Å². The van der Waals surface area contributed by atoms with Gasteiger partial charge in [0.25, 0.3) is 0 Å². The molecule has 1 aliphatic rings. The smallest absolute Gasteiger partial charge is 0.242 e. The zero-order valence-electron chi connectivity index (χ0n) is 11.9. The molecule has 0 saturated carbocycles. The number of anilines is 1. The number of sulfonamides is 1. The van der Waals surface area contributed by atoms with Crippen molar-refractivity contribution in [2.75, 3.05) is 26.0 Å². The van der Waals surface area contributed by atoms with Gasteiger partial charge in [0.2, 0.25) is 15.9 Å². The third kappa shape index (κ3) is 3.59. The highest BCUT2D eigenvalue weighted by atomic mass is 32.2. The van der Waals surface area contributed by atoms with Crippen molar-refractivity contribution in [3.05, 3.63) is 24.3 Å². The second-order valence-electron chi connectivity index (χ2n) is 5.15. The minimum atomic E-state index is -3.47. The average Bonchev–Trinajstić information content (AvgIpc) is 2.86. The quantitative estimate of drug-likeness (QED) is 0.702. The number of hydrogen-bond acceptors (Lipinski definition) is 5. The molecule has 1 aliphatic heterocycles. The molecule has 2 atom stereocenters. The summed E-state index contributed by atoms with van der Waals surface area (Å²) in [6, 6.07) is 5.55. The molecule has 1 heterocycles. The number of rotatable bonds is 4. The molecular formula is C13H19N3O4S. The first kappa shape index (κ1) is 15.9. The molecule has 1 fully saturated rings. The number of nitrogens with zero attached hydrogens (tertiary/aromatic N) is 1. The maximum Gasteiger partial charge on any atom is 0.242 e. The predicted molar refractivity (Wildman–Crippen MR) is 78.4 cm³/mol. The highest BCUT2D eigenvalue weighted by Gasteiger charge is 2.28. The molecule has 1 aromatic rings. The lowest BCUT2D eigenvalue weighted by molar-refractivity contribution is -0.117. The normalized spacial score (nSPS) is 22.5. The van der Waals surface area contributed by atoms with Crippen molar-refractivity contribution in [3.8, 4) is 0 Å². The fourth-order valence-electron chi connectivity index (χ4n) is 2.07. The molecule has 0 aliphatic carbocycles. The molecular weight excluding hydrogens is 294 g/mol. The first-order chi connectivity index (χ1) is 9.80. The molecule has 3 N–H and O–H groups in total. The molecule has 116 valence electrons. The summed E-state index contributed by atoms with van der Waals surface area (Å²) in [5, 5.41) is 15.0. The number of hydrogen-bond donors (Lipinski definition) is 3. The third-order valence-electron chi connectivity index (χ3n) is 3.32. The van der Waals surface area contributed by atoms with Crippen molar-refractivity contribution in [1.82, 2.24) is 9.62 Å². The lowest BCUT2D eigenvalue weighted by Gasteiger charge is -2.13. The van der Waals surface area contributed by atoms with Crippen molar-refractivity contribution in [2.45, 2.75) is 23.5 Å². The summed E-state index contributed by atoms with van der Waals surface area (Å²) < 4.78 is 25.0. The number of β-amino-alcohol motifs (C(OH)–C–C–N with tert-alkyl or cyclic N) is 1. The van der Waals surface area contributed by atoms with Gasteiger partial charge in [-0.3, -0.25) is 4.79 Å². The van der Waals surface area contributed by atoms with Gasteiger partial charge in [-0.1, -0.05) is 0 Å². The van der Waals surface area contributed by atoms with E-state index < -0.39 is 22.2 Å². The van der Waals surface area contributed by atoms with E-state index in [0.717, 1.165) is 4.31 Å². The van der Waals surface area contributed by atoms with Gasteiger partial charge in [-0.15, -0.1) is 0 Å². The van der Waals surface area contributed by atoms with Gasteiger partial charge in [0.1, 0.15) is 0 Å². The number of carbonyl (C=O) groups is 1. The van der Waals surface area contributed by atoms with Crippen LogP contribution in [0.5, 0.6) is 0 Å². The van der Waals surface area contributed by atoms with E-state index in [1.165, 1.54) is 26.2 Å². The van der Waals surface area contributed by atoms with E-state index in [1.54, 1.807) is 12.1 Å². The predicted octanol–water partition coefficient (Wildman–Crippen LogP) is -0.402. The summed E-state index contributed by atoms with van der Waals surface area (Å²) in [5.41, 5.74) is 0.515. The third-order valence-corrected chi connectivity index (χ3v) is 5.15. The van der Waals surface area contributed by atoms with Crippen LogP contribution in [0.2, 0.25) is 0 Å². The molecule has 2 unspecified atom stereocenters. The highest BCUT2D eigenvalue weighted by molar-refractivity contribution is 7.89. The molecule has 0 bridgehead atoms. The lowest BCUT2D eigenvalue weighted by atomic mass is 10.2. The summed E-state index contributed by atoms with van der Waals surface area (Å²) in [7, 11) is -0.549. The lowest BCUT2D eigenvalue weighted by Crippen LogP contribution is -2.35. The topological polar surface area (TPSA) is 98.7 Å². The molecule has 1 aromatic carbocycles. The van der Waals surface area contributed by atoms with Crippen LogP contribution in [-0.2, 0) is 14.8 Å². The zero-order chi connectivity index (χ0) is 15.6. The maximum absolute atomic E-state index is 11.9. The average molecular weight is 313 g/mol. The van der Waals surface area contributed by atoms with Crippen molar-refractivity contribution >= 4 is 21.6 Å². The van der Waals surface area contributed by atoms with Gasteiger partial charge >= 0.3 is 0 Å². The second kappa shape index (κ2) is 6.10. The van der Waals surface area contributed by atoms with Crippen LogP contribution in [0.25, 0.3) is 0 Å². The minimum absolute atomic E-state index is 0.167. The van der Waals surface area contributed by atoms with E-state index in [2.05, 4.69) is 10.6 Å². The Labute approximate surface area is 124 Å². The first-order valence-electron chi connectivity index (χ1n) is 6.55. The van der Waals surface area contributed by atoms with Crippen molar-refractivity contribution in [2.24, 2.45) is 0 Å². The number of nitrogens with one attached hydrogen (secondary N) is 2. The zero-order valence-corrected chi connectivity index (χ0v) is 12.7. The molecule has 0 aromatic heterocycles. The summed E-state index contributed by atoms with van der Waals surface area (Å²) in [5.74, 6) is -0.241. The van der Waals surface area contributed by atoms with Gasteiger partial charge < -0.3 is 15.7 Å². The largest absolute Gasteiger partial charge is 0.392 e. The van der Waals surface area contributed by atoms with Crippen molar-refractivity contribution in [1.29, 1.82) is 0 Å². The Morgan fingerprint density at radius 2 is 1.95 bits per heavy atom. The van der Waals surface area contributed by atoms with Crippen LogP contribution in [0, 0.1) is 0 Å². The number of carbonyl (C=O) groups excluding carboxylic acids is 1. The molecule has 7 nitrogen and oxygen atoms in total.